The van der Waals surface area contributed by atoms with Crippen LogP contribution < -0.4 is 5.73 Å². The van der Waals surface area contributed by atoms with Crippen LogP contribution >= 0.6 is 0 Å². The van der Waals surface area contributed by atoms with E-state index in [9.17, 15) is 0 Å². The molecule has 0 aromatic rings. The first-order chi connectivity index (χ1) is 4.22. The van der Waals surface area contributed by atoms with E-state index in [4.69, 9.17) is 15.8 Å². The summed E-state index contributed by atoms with van der Waals surface area (Å²) in [7, 11) is -0.0794. The van der Waals surface area contributed by atoms with E-state index < -0.39 is 7.12 Å². The van der Waals surface area contributed by atoms with Gasteiger partial charge in [-0.1, -0.05) is 0 Å². The quantitative estimate of drug-likeness (QED) is 0.314. The normalized spacial score (nSPS) is 12.6. The highest BCUT2D eigenvalue weighted by molar-refractivity contribution is 6.82. The van der Waals surface area contributed by atoms with Gasteiger partial charge in [0.1, 0.15) is 0 Å². The average Bonchev–Trinajstić information content (AvgIpc) is 1.82. The van der Waals surface area contributed by atoms with Gasteiger partial charge in [-0.2, -0.15) is 0 Å². The summed E-state index contributed by atoms with van der Waals surface area (Å²) in [6.45, 7) is 0. The van der Waals surface area contributed by atoms with E-state index in [0.29, 0.717) is 0 Å². The number of nitrogens with two attached hydrogens (primary N) is 1. The fourth-order valence-corrected chi connectivity index (χ4v) is 0.375. The lowest BCUT2D eigenvalue weighted by Gasteiger charge is -1.93. The summed E-state index contributed by atoms with van der Waals surface area (Å²) in [6.07, 6.45) is 2.52. The summed E-state index contributed by atoms with van der Waals surface area (Å²) < 4.78 is 0. The van der Waals surface area contributed by atoms with Crippen molar-refractivity contribution in [3.63, 3.8) is 0 Å². The molecule has 0 radical (unpaired) electrons. The van der Waals surface area contributed by atoms with Gasteiger partial charge in [-0.3, -0.25) is 4.99 Å². The maximum atomic E-state index is 8.46. The van der Waals surface area contributed by atoms with Gasteiger partial charge in [0, 0.05) is 7.05 Å². The Balaban J connectivity index is 4.01. The predicted molar refractivity (Wildman–Crippen MR) is 36.9 cm³/mol. The number of allylic oxidation sites excluding steroid dienone is 1. The third kappa shape index (κ3) is 2.89. The molecule has 0 fully saturated rings. The molecule has 0 rings (SSSR count). The Morgan fingerprint density at radius 1 is 1.67 bits per heavy atom. The van der Waals surface area contributed by atoms with E-state index >= 15 is 0 Å². The summed E-state index contributed by atoms with van der Waals surface area (Å²) in [5, 5.41) is 16.9. The van der Waals surface area contributed by atoms with Crippen molar-refractivity contribution in [1.82, 2.24) is 0 Å². The highest BCUT2D eigenvalue weighted by Gasteiger charge is 2.11. The zero-order chi connectivity index (χ0) is 7.28. The van der Waals surface area contributed by atoms with Crippen molar-refractivity contribution in [2.45, 2.75) is 0 Å². The van der Waals surface area contributed by atoms with Crippen LogP contribution in [0.1, 0.15) is 0 Å². The zero-order valence-corrected chi connectivity index (χ0v) is 5.15. The highest BCUT2D eigenvalue weighted by atomic mass is 16.4. The van der Waals surface area contributed by atoms with Crippen molar-refractivity contribution in [2.75, 3.05) is 7.05 Å². The molecule has 0 aliphatic rings. The molecule has 0 aliphatic carbocycles. The van der Waals surface area contributed by atoms with Gasteiger partial charge in [-0.15, -0.1) is 0 Å². The Hall–Kier alpha value is -0.805. The van der Waals surface area contributed by atoms with Gasteiger partial charge in [0.2, 0.25) is 0 Å². The molecular weight excluding hydrogens is 119 g/mol. The Bertz CT molecular complexity index is 133. The predicted octanol–water partition coefficient (Wildman–Crippen LogP) is -1.46. The Labute approximate surface area is 53.9 Å². The molecule has 0 saturated carbocycles. The molecule has 0 saturated heterocycles. The Morgan fingerprint density at radius 2 is 2.22 bits per heavy atom. The molecule has 5 heteroatoms. The van der Waals surface area contributed by atoms with Crippen LogP contribution in [0.3, 0.4) is 0 Å². The minimum absolute atomic E-state index is 0.150. The van der Waals surface area contributed by atoms with Crippen molar-refractivity contribution < 1.29 is 10.0 Å². The van der Waals surface area contributed by atoms with Crippen LogP contribution in [-0.4, -0.2) is 29.8 Å². The van der Waals surface area contributed by atoms with Gasteiger partial charge in [-0.25, -0.2) is 0 Å². The van der Waals surface area contributed by atoms with Gasteiger partial charge in [-0.05, 0) is 12.3 Å². The van der Waals surface area contributed by atoms with E-state index in [1.54, 1.807) is 0 Å². The lowest BCUT2D eigenvalue weighted by atomic mass is 9.83. The first-order valence-electron chi connectivity index (χ1n) is 2.43. The molecule has 9 heavy (non-hydrogen) atoms. The molecule has 0 bridgehead atoms. The fraction of sp³-hybridized carbons (Fsp3) is 0.250. The first-order valence-corrected chi connectivity index (χ1v) is 2.43. The molecule has 0 heterocycles. The van der Waals surface area contributed by atoms with Gasteiger partial charge < -0.3 is 15.8 Å². The summed E-state index contributed by atoms with van der Waals surface area (Å²) in [5.41, 5.74) is 5.11. The summed E-state index contributed by atoms with van der Waals surface area (Å²) in [5.74, 6) is 0. The second-order valence-electron chi connectivity index (χ2n) is 1.38. The van der Waals surface area contributed by atoms with Gasteiger partial charge in [0.15, 0.2) is 0 Å². The molecule has 0 aromatic carbocycles. The maximum Gasteiger partial charge on any atom is 0.507 e. The number of rotatable bonds is 2. The molecule has 0 atom stereocenters. The van der Waals surface area contributed by atoms with E-state index in [1.807, 2.05) is 0 Å². The third-order valence-corrected chi connectivity index (χ3v) is 0.790. The monoisotopic (exact) mass is 128 g/mol. The van der Waals surface area contributed by atoms with Crippen molar-refractivity contribution >= 4 is 12.7 Å². The highest BCUT2D eigenvalue weighted by Crippen LogP contribution is 1.80. The molecular formula is C4H9BN2O2. The van der Waals surface area contributed by atoms with Crippen LogP contribution in [0.2, 0.25) is 0 Å². The van der Waals surface area contributed by atoms with E-state index in [0.717, 1.165) is 0 Å². The summed E-state index contributed by atoms with van der Waals surface area (Å²) in [6, 6.07) is 0. The molecule has 0 unspecified atom stereocenters. The van der Waals surface area contributed by atoms with Crippen molar-refractivity contribution in [3.8, 4) is 0 Å². The number of hydrogen-bond acceptors (Lipinski definition) is 4. The molecule has 4 nitrogen and oxygen atoms in total. The first kappa shape index (κ1) is 8.19. The van der Waals surface area contributed by atoms with Crippen molar-refractivity contribution in [2.24, 2.45) is 10.7 Å². The lowest BCUT2D eigenvalue weighted by Crippen LogP contribution is -2.23. The van der Waals surface area contributed by atoms with Crippen molar-refractivity contribution in [3.05, 3.63) is 12.3 Å². The Morgan fingerprint density at radius 3 is 2.33 bits per heavy atom. The maximum absolute atomic E-state index is 8.46. The molecule has 0 amide bonds. The van der Waals surface area contributed by atoms with E-state index in [2.05, 4.69) is 4.99 Å². The third-order valence-electron chi connectivity index (χ3n) is 0.790. The molecule has 0 aromatic heterocycles. The topological polar surface area (TPSA) is 78.8 Å². The fourth-order valence-electron chi connectivity index (χ4n) is 0.375. The minimum atomic E-state index is -1.53. The largest absolute Gasteiger partial charge is 0.507 e. The number of nitrogens with zero attached hydrogens (tertiary/aromatic N) is 1. The second kappa shape index (κ2) is 4.11. The van der Waals surface area contributed by atoms with Crippen LogP contribution in [0.5, 0.6) is 0 Å². The van der Waals surface area contributed by atoms with E-state index in [-0.39, 0.29) is 5.61 Å². The van der Waals surface area contributed by atoms with Crippen LogP contribution in [-0.2, 0) is 0 Å². The van der Waals surface area contributed by atoms with Crippen molar-refractivity contribution in [1.29, 1.82) is 0 Å². The van der Waals surface area contributed by atoms with Crippen LogP contribution in [0, 0.1) is 0 Å². The summed E-state index contributed by atoms with van der Waals surface area (Å²) in [4.78, 5) is 3.53. The molecule has 0 spiro atoms. The van der Waals surface area contributed by atoms with Crippen LogP contribution in [0.25, 0.3) is 0 Å². The SMILES string of the molecule is CN=C(C=CN)B(O)O. The minimum Gasteiger partial charge on any atom is -0.422 e. The second-order valence-corrected chi connectivity index (χ2v) is 1.38. The summed E-state index contributed by atoms with van der Waals surface area (Å²) >= 11 is 0. The van der Waals surface area contributed by atoms with Crippen LogP contribution in [0.15, 0.2) is 17.3 Å². The zero-order valence-electron chi connectivity index (χ0n) is 5.15. The molecule has 50 valence electrons. The number of aliphatic imine (C=N–C) groups is 1. The average molecular weight is 128 g/mol. The van der Waals surface area contributed by atoms with Gasteiger partial charge in [0.25, 0.3) is 0 Å². The smallest absolute Gasteiger partial charge is 0.422 e. The Kier molecular flexibility index (Phi) is 3.74. The lowest BCUT2D eigenvalue weighted by molar-refractivity contribution is 0.430. The molecule has 0 aliphatic heterocycles. The van der Waals surface area contributed by atoms with Gasteiger partial charge >= 0.3 is 7.12 Å². The van der Waals surface area contributed by atoms with Crippen LogP contribution in [0.4, 0.5) is 0 Å². The molecule has 4 N–H and O–H groups in total. The number of hydrogen-bond donors (Lipinski definition) is 3. The van der Waals surface area contributed by atoms with Gasteiger partial charge in [0.05, 0.1) is 5.61 Å². The standard InChI is InChI=1S/C4H9BN2O2/c1-7-4(2-3-6)5(8)9/h2-3,8-9H,6H2,1H3. The van der Waals surface area contributed by atoms with E-state index in [1.165, 1.54) is 19.3 Å².